The molecule has 2 aromatic heterocycles. The molecule has 0 radical (unpaired) electrons. The Hall–Kier alpha value is -2.41. The van der Waals surface area contributed by atoms with Gasteiger partial charge >= 0.3 is 0 Å². The Bertz CT molecular complexity index is 700. The summed E-state index contributed by atoms with van der Waals surface area (Å²) in [5.41, 5.74) is 5.33. The molecule has 21 heavy (non-hydrogen) atoms. The summed E-state index contributed by atoms with van der Waals surface area (Å²) in [5, 5.41) is 12.6. The van der Waals surface area contributed by atoms with Crippen LogP contribution in [0.4, 0.5) is 5.82 Å². The van der Waals surface area contributed by atoms with Crippen LogP contribution in [0.25, 0.3) is 0 Å². The van der Waals surface area contributed by atoms with Gasteiger partial charge < -0.3 is 5.32 Å². The summed E-state index contributed by atoms with van der Waals surface area (Å²) < 4.78 is 0. The molecule has 0 saturated carbocycles. The van der Waals surface area contributed by atoms with E-state index in [1.807, 2.05) is 18.3 Å². The third-order valence-corrected chi connectivity index (χ3v) is 4.02. The zero-order valence-electron chi connectivity index (χ0n) is 12.2. The van der Waals surface area contributed by atoms with Crippen molar-refractivity contribution in [3.05, 3.63) is 52.5 Å². The third-order valence-electron chi connectivity index (χ3n) is 4.02. The summed E-state index contributed by atoms with van der Waals surface area (Å²) in [6.07, 6.45) is 8.08. The predicted octanol–water partition coefficient (Wildman–Crippen LogP) is 3.15. The largest absolute Gasteiger partial charge is 0.365 e. The first-order valence-electron chi connectivity index (χ1n) is 7.34. The summed E-state index contributed by atoms with van der Waals surface area (Å²) >= 11 is 0. The molecule has 2 aromatic rings. The Morgan fingerprint density at radius 3 is 3.00 bits per heavy atom. The van der Waals surface area contributed by atoms with E-state index in [0.29, 0.717) is 17.9 Å². The highest BCUT2D eigenvalue weighted by Gasteiger charge is 2.15. The van der Waals surface area contributed by atoms with Crippen LogP contribution >= 0.6 is 0 Å². The molecule has 3 rings (SSSR count). The Labute approximate surface area is 124 Å². The van der Waals surface area contributed by atoms with Crippen LogP contribution < -0.4 is 5.32 Å². The predicted molar refractivity (Wildman–Crippen MR) is 81.9 cm³/mol. The van der Waals surface area contributed by atoms with Crippen LogP contribution in [0.3, 0.4) is 0 Å². The molecule has 1 N–H and O–H groups in total. The van der Waals surface area contributed by atoms with E-state index >= 15 is 0 Å². The second kappa shape index (κ2) is 5.92. The highest BCUT2D eigenvalue weighted by atomic mass is 15.0. The van der Waals surface area contributed by atoms with Crippen molar-refractivity contribution in [3.63, 3.8) is 0 Å². The molecular weight excluding hydrogens is 260 g/mol. The van der Waals surface area contributed by atoms with Gasteiger partial charge in [0.25, 0.3) is 0 Å². The molecule has 0 atom stereocenters. The zero-order valence-corrected chi connectivity index (χ0v) is 12.2. The molecule has 0 bridgehead atoms. The Morgan fingerprint density at radius 1 is 1.33 bits per heavy atom. The molecular formula is C17H18N4. The van der Waals surface area contributed by atoms with Crippen LogP contribution in [0.2, 0.25) is 0 Å². The van der Waals surface area contributed by atoms with Gasteiger partial charge in [0.05, 0.1) is 5.56 Å². The lowest BCUT2D eigenvalue weighted by atomic mass is 9.95. The van der Waals surface area contributed by atoms with E-state index < -0.39 is 0 Å². The molecule has 4 heteroatoms. The monoisotopic (exact) mass is 278 g/mol. The van der Waals surface area contributed by atoms with Crippen LogP contribution in [-0.2, 0) is 19.4 Å². The first-order chi connectivity index (χ1) is 10.3. The molecule has 0 aliphatic heterocycles. The minimum absolute atomic E-state index is 0.636. The Balaban J connectivity index is 1.85. The van der Waals surface area contributed by atoms with Crippen molar-refractivity contribution in [2.75, 3.05) is 5.32 Å². The van der Waals surface area contributed by atoms with Crippen LogP contribution in [-0.4, -0.2) is 9.97 Å². The van der Waals surface area contributed by atoms with Gasteiger partial charge in [0.2, 0.25) is 0 Å². The van der Waals surface area contributed by atoms with Crippen molar-refractivity contribution in [1.29, 1.82) is 5.26 Å². The minimum atomic E-state index is 0.636. The summed E-state index contributed by atoms with van der Waals surface area (Å²) in [7, 11) is 0. The molecule has 2 heterocycles. The van der Waals surface area contributed by atoms with Gasteiger partial charge in [-0.1, -0.05) is 0 Å². The maximum atomic E-state index is 9.33. The van der Waals surface area contributed by atoms with Crippen molar-refractivity contribution < 1.29 is 0 Å². The Morgan fingerprint density at radius 2 is 2.19 bits per heavy atom. The number of hydrogen-bond acceptors (Lipinski definition) is 4. The number of nitrogens with one attached hydrogen (secondary N) is 1. The molecule has 0 amide bonds. The van der Waals surface area contributed by atoms with Crippen molar-refractivity contribution in [3.8, 4) is 6.07 Å². The molecule has 0 saturated heterocycles. The van der Waals surface area contributed by atoms with Crippen LogP contribution in [0.5, 0.6) is 0 Å². The molecule has 1 aliphatic carbocycles. The van der Waals surface area contributed by atoms with Gasteiger partial charge in [-0.3, -0.25) is 4.98 Å². The number of aryl methyl sites for hydroxylation is 3. The van der Waals surface area contributed by atoms with Crippen LogP contribution in [0.15, 0.2) is 24.5 Å². The normalized spacial score (nSPS) is 13.3. The van der Waals surface area contributed by atoms with E-state index in [9.17, 15) is 5.26 Å². The number of fused-ring (bicyclic) bond motifs is 1. The lowest BCUT2D eigenvalue weighted by molar-refractivity contribution is 0.668. The number of pyridine rings is 2. The third kappa shape index (κ3) is 2.87. The van der Waals surface area contributed by atoms with Crippen molar-refractivity contribution >= 4 is 5.82 Å². The van der Waals surface area contributed by atoms with Crippen LogP contribution in [0, 0.1) is 18.3 Å². The van der Waals surface area contributed by atoms with Gasteiger partial charge in [0, 0.05) is 24.6 Å². The van der Waals surface area contributed by atoms with E-state index in [1.165, 1.54) is 24.0 Å². The second-order valence-corrected chi connectivity index (χ2v) is 5.46. The topological polar surface area (TPSA) is 61.6 Å². The molecule has 106 valence electrons. The van der Waals surface area contributed by atoms with E-state index in [-0.39, 0.29) is 0 Å². The maximum Gasteiger partial charge on any atom is 0.144 e. The van der Waals surface area contributed by atoms with Crippen molar-refractivity contribution in [2.45, 2.75) is 39.2 Å². The van der Waals surface area contributed by atoms with Crippen molar-refractivity contribution in [2.24, 2.45) is 0 Å². The number of anilines is 1. The van der Waals surface area contributed by atoms with E-state index in [0.717, 1.165) is 24.1 Å². The highest BCUT2D eigenvalue weighted by Crippen LogP contribution is 2.24. The van der Waals surface area contributed by atoms with Gasteiger partial charge in [-0.25, -0.2) is 4.98 Å². The fraction of sp³-hybridized carbons (Fsp3) is 0.353. The highest BCUT2D eigenvalue weighted by molar-refractivity contribution is 5.55. The quantitative estimate of drug-likeness (QED) is 0.937. The van der Waals surface area contributed by atoms with Crippen molar-refractivity contribution in [1.82, 2.24) is 9.97 Å². The summed E-state index contributed by atoms with van der Waals surface area (Å²) in [6.45, 7) is 2.70. The standard InChI is InChI=1S/C17H18N4/c1-12-6-7-19-10-15(12)11-20-17-14(9-18)8-13-4-2-3-5-16(13)21-17/h6-8,10H,2-5,11H2,1H3,(H,20,21). The van der Waals surface area contributed by atoms with Gasteiger partial charge in [-0.2, -0.15) is 5.26 Å². The first-order valence-corrected chi connectivity index (χ1v) is 7.34. The molecule has 0 unspecified atom stereocenters. The van der Waals surface area contributed by atoms with Gasteiger partial charge in [0.1, 0.15) is 11.9 Å². The molecule has 0 spiro atoms. The fourth-order valence-electron chi connectivity index (χ4n) is 2.71. The van der Waals surface area contributed by atoms with Gasteiger partial charge in [-0.15, -0.1) is 0 Å². The van der Waals surface area contributed by atoms with Gasteiger partial charge in [-0.05, 0) is 61.4 Å². The zero-order chi connectivity index (χ0) is 14.7. The summed E-state index contributed by atoms with van der Waals surface area (Å²) in [6, 6.07) is 6.24. The summed E-state index contributed by atoms with van der Waals surface area (Å²) in [5.74, 6) is 0.696. The first kappa shape index (κ1) is 13.6. The number of rotatable bonds is 3. The second-order valence-electron chi connectivity index (χ2n) is 5.46. The maximum absolute atomic E-state index is 9.33. The molecule has 4 nitrogen and oxygen atoms in total. The minimum Gasteiger partial charge on any atom is -0.365 e. The number of nitriles is 1. The smallest absolute Gasteiger partial charge is 0.144 e. The number of nitrogens with zero attached hydrogens (tertiary/aromatic N) is 3. The lowest BCUT2D eigenvalue weighted by Crippen LogP contribution is -2.11. The van der Waals surface area contributed by atoms with E-state index in [1.54, 1.807) is 6.20 Å². The average Bonchev–Trinajstić information content (AvgIpc) is 2.53. The van der Waals surface area contributed by atoms with E-state index in [2.05, 4.69) is 28.3 Å². The number of aromatic nitrogens is 2. The van der Waals surface area contributed by atoms with E-state index in [4.69, 9.17) is 0 Å². The summed E-state index contributed by atoms with van der Waals surface area (Å²) in [4.78, 5) is 8.82. The molecule has 0 aromatic carbocycles. The lowest BCUT2D eigenvalue weighted by Gasteiger charge is -2.17. The number of hydrogen-bond donors (Lipinski definition) is 1. The Kier molecular flexibility index (Phi) is 3.83. The molecule has 0 fully saturated rings. The van der Waals surface area contributed by atoms with Gasteiger partial charge in [0.15, 0.2) is 0 Å². The average molecular weight is 278 g/mol. The SMILES string of the molecule is Cc1ccncc1CNc1nc2c(cc1C#N)CCCC2. The fourth-order valence-corrected chi connectivity index (χ4v) is 2.71. The van der Waals surface area contributed by atoms with Crippen LogP contribution in [0.1, 0.15) is 40.8 Å². The molecule has 1 aliphatic rings.